The van der Waals surface area contributed by atoms with Gasteiger partial charge in [-0.05, 0) is 38.5 Å². The van der Waals surface area contributed by atoms with Gasteiger partial charge in [0.1, 0.15) is 0 Å². The predicted molar refractivity (Wildman–Crippen MR) is 64.4 cm³/mol. The summed E-state index contributed by atoms with van der Waals surface area (Å²) in [7, 11) is 1.63. The molecule has 3 heteroatoms. The number of nitrogens with one attached hydrogen (secondary N) is 1. The first kappa shape index (κ1) is 12.7. The van der Waals surface area contributed by atoms with Crippen molar-refractivity contribution in [3.63, 3.8) is 0 Å². The quantitative estimate of drug-likeness (QED) is 0.851. The van der Waals surface area contributed by atoms with Gasteiger partial charge in [-0.2, -0.15) is 0 Å². The topological polar surface area (TPSA) is 38.3 Å². The first-order chi connectivity index (χ1) is 7.42. The number of carbonyl (C=O) groups is 1. The van der Waals surface area contributed by atoms with Gasteiger partial charge in [-0.3, -0.25) is 4.79 Å². The highest BCUT2D eigenvalue weighted by Gasteiger charge is 2.10. The Bertz CT molecular complexity index is 366. The van der Waals surface area contributed by atoms with Crippen molar-refractivity contribution >= 4 is 5.91 Å². The zero-order chi connectivity index (χ0) is 12.2. The van der Waals surface area contributed by atoms with Crippen molar-refractivity contribution in [1.29, 1.82) is 0 Å². The molecule has 0 radical (unpaired) electrons. The first-order valence-corrected chi connectivity index (χ1v) is 5.37. The Balaban J connectivity index is 2.71. The average Bonchev–Trinajstić information content (AvgIpc) is 2.25. The van der Waals surface area contributed by atoms with Gasteiger partial charge in [-0.1, -0.05) is 12.1 Å². The molecule has 1 aromatic rings. The van der Waals surface area contributed by atoms with Crippen LogP contribution in [0.25, 0.3) is 0 Å². The van der Waals surface area contributed by atoms with Gasteiger partial charge in [-0.15, -0.1) is 0 Å². The molecule has 0 aliphatic rings. The van der Waals surface area contributed by atoms with E-state index in [9.17, 15) is 4.79 Å². The summed E-state index contributed by atoms with van der Waals surface area (Å²) in [5.74, 6) is -0.0717. The lowest BCUT2D eigenvalue weighted by Crippen LogP contribution is -2.20. The van der Waals surface area contributed by atoms with Crippen LogP contribution in [0.2, 0.25) is 0 Å². The minimum Gasteiger partial charge on any atom is -0.371 e. The molecule has 0 saturated heterocycles. The van der Waals surface area contributed by atoms with Gasteiger partial charge in [0.15, 0.2) is 0 Å². The van der Waals surface area contributed by atoms with Crippen LogP contribution in [-0.4, -0.2) is 18.6 Å². The molecule has 1 rings (SSSR count). The molecule has 0 atom stereocenters. The molecule has 0 fully saturated rings. The summed E-state index contributed by atoms with van der Waals surface area (Å²) in [6.45, 7) is 6.55. The minimum atomic E-state index is -0.164. The predicted octanol–water partition coefficient (Wildman–Crippen LogP) is 2.36. The first-order valence-electron chi connectivity index (χ1n) is 5.37. The van der Waals surface area contributed by atoms with Crippen molar-refractivity contribution in [2.24, 2.45) is 0 Å². The second-order valence-corrected chi connectivity index (χ2v) is 4.68. The molecule has 0 bridgehead atoms. The molecule has 0 aliphatic carbocycles. The Morgan fingerprint density at radius 3 is 2.62 bits per heavy atom. The maximum Gasteiger partial charge on any atom is 0.251 e. The van der Waals surface area contributed by atoms with Gasteiger partial charge in [-0.25, -0.2) is 0 Å². The van der Waals surface area contributed by atoms with Crippen LogP contribution < -0.4 is 5.32 Å². The van der Waals surface area contributed by atoms with Gasteiger partial charge < -0.3 is 10.1 Å². The second-order valence-electron chi connectivity index (χ2n) is 4.68. The van der Waals surface area contributed by atoms with E-state index >= 15 is 0 Å². The van der Waals surface area contributed by atoms with Gasteiger partial charge in [0.2, 0.25) is 0 Å². The van der Waals surface area contributed by atoms with Crippen molar-refractivity contribution in [3.8, 4) is 0 Å². The fourth-order valence-electron chi connectivity index (χ4n) is 1.25. The third kappa shape index (κ3) is 4.03. The lowest BCUT2D eigenvalue weighted by Gasteiger charge is -2.19. The van der Waals surface area contributed by atoms with E-state index < -0.39 is 0 Å². The van der Waals surface area contributed by atoms with Crippen LogP contribution in [-0.2, 0) is 11.3 Å². The highest BCUT2D eigenvalue weighted by atomic mass is 16.5. The Kier molecular flexibility index (Phi) is 4.07. The molecule has 16 heavy (non-hydrogen) atoms. The number of rotatable bonds is 3. The zero-order valence-electron chi connectivity index (χ0n) is 10.3. The maximum atomic E-state index is 11.4. The van der Waals surface area contributed by atoms with Gasteiger partial charge in [0, 0.05) is 12.6 Å². The number of hydrogen-bond donors (Lipinski definition) is 1. The minimum absolute atomic E-state index is 0.0717. The standard InChI is InChI=1S/C13H19NO2/c1-13(2,3)16-9-10-6-5-7-11(8-10)12(15)14-4/h5-8H,9H2,1-4H3,(H,14,15). The van der Waals surface area contributed by atoms with Crippen LogP contribution in [0.1, 0.15) is 36.7 Å². The molecule has 1 aromatic carbocycles. The summed E-state index contributed by atoms with van der Waals surface area (Å²) in [6, 6.07) is 7.47. The van der Waals surface area contributed by atoms with E-state index in [2.05, 4.69) is 5.32 Å². The van der Waals surface area contributed by atoms with Crippen molar-refractivity contribution in [1.82, 2.24) is 5.32 Å². The van der Waals surface area contributed by atoms with Crippen LogP contribution in [0.3, 0.4) is 0 Å². The van der Waals surface area contributed by atoms with Crippen LogP contribution >= 0.6 is 0 Å². The van der Waals surface area contributed by atoms with E-state index in [1.165, 1.54) is 0 Å². The molecule has 0 aliphatic heterocycles. The van der Waals surface area contributed by atoms with Crippen LogP contribution in [0.5, 0.6) is 0 Å². The van der Waals surface area contributed by atoms with Crippen molar-refractivity contribution in [3.05, 3.63) is 35.4 Å². The Labute approximate surface area is 96.8 Å². The summed E-state index contributed by atoms with van der Waals surface area (Å²) in [5, 5.41) is 2.60. The third-order valence-corrected chi connectivity index (χ3v) is 2.09. The molecular formula is C13H19NO2. The maximum absolute atomic E-state index is 11.4. The van der Waals surface area contributed by atoms with Gasteiger partial charge in [0.25, 0.3) is 5.91 Å². The van der Waals surface area contributed by atoms with Crippen LogP contribution in [0.15, 0.2) is 24.3 Å². The molecule has 0 unspecified atom stereocenters. The Morgan fingerprint density at radius 1 is 1.38 bits per heavy atom. The molecular weight excluding hydrogens is 202 g/mol. The summed E-state index contributed by atoms with van der Waals surface area (Å²) >= 11 is 0. The molecule has 0 saturated carbocycles. The molecule has 0 heterocycles. The number of amides is 1. The number of carbonyl (C=O) groups excluding carboxylic acids is 1. The molecule has 3 nitrogen and oxygen atoms in total. The average molecular weight is 221 g/mol. The van der Waals surface area contributed by atoms with Crippen LogP contribution in [0, 0.1) is 0 Å². The Morgan fingerprint density at radius 2 is 2.06 bits per heavy atom. The normalized spacial score (nSPS) is 11.2. The fraction of sp³-hybridized carbons (Fsp3) is 0.462. The molecule has 0 aromatic heterocycles. The molecule has 1 N–H and O–H groups in total. The lowest BCUT2D eigenvalue weighted by atomic mass is 10.1. The van der Waals surface area contributed by atoms with E-state index in [-0.39, 0.29) is 11.5 Å². The molecule has 88 valence electrons. The van der Waals surface area contributed by atoms with E-state index in [1.807, 2.05) is 39.0 Å². The van der Waals surface area contributed by atoms with Crippen LogP contribution in [0.4, 0.5) is 0 Å². The second kappa shape index (κ2) is 5.12. The third-order valence-electron chi connectivity index (χ3n) is 2.09. The Hall–Kier alpha value is -1.35. The molecule has 1 amide bonds. The van der Waals surface area contributed by atoms with E-state index in [1.54, 1.807) is 13.1 Å². The molecule has 0 spiro atoms. The van der Waals surface area contributed by atoms with Gasteiger partial charge in [0.05, 0.1) is 12.2 Å². The van der Waals surface area contributed by atoms with E-state index in [4.69, 9.17) is 4.74 Å². The lowest BCUT2D eigenvalue weighted by molar-refractivity contribution is -0.0149. The van der Waals surface area contributed by atoms with Crippen molar-refractivity contribution < 1.29 is 9.53 Å². The summed E-state index contributed by atoms with van der Waals surface area (Å²) in [5.41, 5.74) is 1.51. The smallest absolute Gasteiger partial charge is 0.251 e. The van der Waals surface area contributed by atoms with E-state index in [0.29, 0.717) is 12.2 Å². The largest absolute Gasteiger partial charge is 0.371 e. The van der Waals surface area contributed by atoms with Crippen molar-refractivity contribution in [2.45, 2.75) is 33.0 Å². The summed E-state index contributed by atoms with van der Waals surface area (Å²) < 4.78 is 5.65. The fourth-order valence-corrected chi connectivity index (χ4v) is 1.25. The highest BCUT2D eigenvalue weighted by molar-refractivity contribution is 5.94. The number of benzene rings is 1. The van der Waals surface area contributed by atoms with Gasteiger partial charge >= 0.3 is 0 Å². The number of hydrogen-bond acceptors (Lipinski definition) is 2. The zero-order valence-corrected chi connectivity index (χ0v) is 10.3. The van der Waals surface area contributed by atoms with E-state index in [0.717, 1.165) is 5.56 Å². The van der Waals surface area contributed by atoms with Crippen molar-refractivity contribution in [2.75, 3.05) is 7.05 Å². The SMILES string of the molecule is CNC(=O)c1cccc(COC(C)(C)C)c1. The monoisotopic (exact) mass is 221 g/mol. The summed E-state index contributed by atoms with van der Waals surface area (Å²) in [6.07, 6.45) is 0. The highest BCUT2D eigenvalue weighted by Crippen LogP contribution is 2.13. The summed E-state index contributed by atoms with van der Waals surface area (Å²) in [4.78, 5) is 11.4. The number of ether oxygens (including phenoxy) is 1.